The van der Waals surface area contributed by atoms with Gasteiger partial charge in [0.2, 0.25) is 0 Å². The molecule has 5 heteroatoms. The number of hydrogen-bond donors (Lipinski definition) is 0. The summed E-state index contributed by atoms with van der Waals surface area (Å²) in [4.78, 5) is 7.98. The molecule has 30 heavy (non-hydrogen) atoms. The highest BCUT2D eigenvalue weighted by Crippen LogP contribution is 2.28. The summed E-state index contributed by atoms with van der Waals surface area (Å²) >= 11 is 0. The maximum absolute atomic E-state index is 13.4. The molecule has 0 amide bonds. The summed E-state index contributed by atoms with van der Waals surface area (Å²) in [5.74, 6) is -0.428. The summed E-state index contributed by atoms with van der Waals surface area (Å²) < 4.78 is 26.5. The van der Waals surface area contributed by atoms with Crippen LogP contribution in [0, 0.1) is 11.6 Å². The van der Waals surface area contributed by atoms with Crippen LogP contribution in [0.4, 0.5) is 8.78 Å². The van der Waals surface area contributed by atoms with Crippen LogP contribution in [0.15, 0.2) is 84.0 Å². The Morgan fingerprint density at radius 2 is 1.50 bits per heavy atom. The minimum Gasteiger partial charge on any atom is -0.391 e. The van der Waals surface area contributed by atoms with Crippen LogP contribution in [0.1, 0.15) is 29.0 Å². The van der Waals surface area contributed by atoms with Crippen LogP contribution in [0.3, 0.4) is 0 Å². The first-order chi connectivity index (χ1) is 14.7. The molecule has 1 unspecified atom stereocenters. The van der Waals surface area contributed by atoms with Crippen molar-refractivity contribution in [2.75, 3.05) is 13.1 Å². The number of nitrogens with zero attached hydrogens (tertiary/aromatic N) is 2. The van der Waals surface area contributed by atoms with Crippen molar-refractivity contribution >= 4 is 5.71 Å². The third kappa shape index (κ3) is 5.30. The second-order valence-electron chi connectivity index (χ2n) is 7.57. The third-order valence-electron chi connectivity index (χ3n) is 5.37. The molecule has 1 saturated heterocycles. The van der Waals surface area contributed by atoms with Gasteiger partial charge in [0.05, 0.1) is 5.71 Å². The Morgan fingerprint density at radius 1 is 0.833 bits per heavy atom. The number of oxime groups is 1. The average molecular weight is 406 g/mol. The molecule has 0 bridgehead atoms. The van der Waals surface area contributed by atoms with Gasteiger partial charge in [-0.1, -0.05) is 59.8 Å². The van der Waals surface area contributed by atoms with Gasteiger partial charge < -0.3 is 4.84 Å². The van der Waals surface area contributed by atoms with E-state index in [1.165, 1.54) is 29.8 Å². The van der Waals surface area contributed by atoms with Crippen molar-refractivity contribution in [3.8, 4) is 0 Å². The van der Waals surface area contributed by atoms with Gasteiger partial charge in [0.1, 0.15) is 18.2 Å². The Labute approximate surface area is 175 Å². The molecule has 0 N–H and O–H groups in total. The van der Waals surface area contributed by atoms with E-state index in [4.69, 9.17) is 4.84 Å². The van der Waals surface area contributed by atoms with E-state index in [0.29, 0.717) is 6.54 Å². The Morgan fingerprint density at radius 3 is 2.20 bits per heavy atom. The standard InChI is InChI=1S/C25H24F2N2O/c26-22-10-6-20(7-11-22)18-30-28-25-17-29(16-19-4-2-1-3-5-19)15-14-24(25)21-8-12-23(27)13-9-21/h1-13,24H,14-18H2/b28-25+. The molecule has 154 valence electrons. The molecule has 4 rings (SSSR count). The van der Waals surface area contributed by atoms with Crippen molar-refractivity contribution < 1.29 is 13.6 Å². The van der Waals surface area contributed by atoms with Crippen LogP contribution >= 0.6 is 0 Å². The van der Waals surface area contributed by atoms with Gasteiger partial charge in [0.15, 0.2) is 0 Å². The smallest absolute Gasteiger partial charge is 0.142 e. The highest BCUT2D eigenvalue weighted by atomic mass is 19.1. The summed E-state index contributed by atoms with van der Waals surface area (Å²) in [6.45, 7) is 2.72. The molecule has 0 spiro atoms. The van der Waals surface area contributed by atoms with E-state index in [1.807, 2.05) is 30.3 Å². The fourth-order valence-corrected chi connectivity index (χ4v) is 3.79. The topological polar surface area (TPSA) is 24.8 Å². The maximum atomic E-state index is 13.4. The predicted octanol–water partition coefficient (Wildman–Crippen LogP) is 5.53. The van der Waals surface area contributed by atoms with Crippen molar-refractivity contribution in [1.29, 1.82) is 0 Å². The molecule has 1 heterocycles. The minimum absolute atomic E-state index is 0.0887. The van der Waals surface area contributed by atoms with E-state index < -0.39 is 0 Å². The quantitative estimate of drug-likeness (QED) is 0.503. The van der Waals surface area contributed by atoms with E-state index in [9.17, 15) is 8.78 Å². The van der Waals surface area contributed by atoms with Crippen LogP contribution in [0.5, 0.6) is 0 Å². The molecule has 1 fully saturated rings. The summed E-state index contributed by atoms with van der Waals surface area (Å²) in [6.07, 6.45) is 0.886. The van der Waals surface area contributed by atoms with E-state index in [1.54, 1.807) is 12.1 Å². The van der Waals surface area contributed by atoms with Gasteiger partial charge in [-0.3, -0.25) is 4.90 Å². The number of likely N-dealkylation sites (tertiary alicyclic amines) is 1. The van der Waals surface area contributed by atoms with Crippen LogP contribution in [-0.4, -0.2) is 23.7 Å². The van der Waals surface area contributed by atoms with Crippen LogP contribution in [0.2, 0.25) is 0 Å². The number of benzene rings is 3. The molecule has 0 saturated carbocycles. The zero-order valence-electron chi connectivity index (χ0n) is 16.7. The van der Waals surface area contributed by atoms with Crippen LogP contribution in [-0.2, 0) is 18.0 Å². The van der Waals surface area contributed by atoms with Gasteiger partial charge in [-0.25, -0.2) is 8.78 Å². The van der Waals surface area contributed by atoms with Crippen LogP contribution < -0.4 is 0 Å². The highest BCUT2D eigenvalue weighted by molar-refractivity contribution is 5.93. The first-order valence-corrected chi connectivity index (χ1v) is 10.1. The monoisotopic (exact) mass is 406 g/mol. The van der Waals surface area contributed by atoms with Crippen molar-refractivity contribution in [1.82, 2.24) is 4.90 Å². The second-order valence-corrected chi connectivity index (χ2v) is 7.57. The molecule has 0 aliphatic carbocycles. The SMILES string of the molecule is Fc1ccc(CO/N=C2\CN(Cc3ccccc3)CCC2c2ccc(F)cc2)cc1. The van der Waals surface area contributed by atoms with Crippen LogP contribution in [0.25, 0.3) is 0 Å². The van der Waals surface area contributed by atoms with E-state index in [0.717, 1.165) is 36.3 Å². The Hall–Kier alpha value is -3.05. The molecule has 1 aliphatic rings. The molecule has 1 aliphatic heterocycles. The minimum atomic E-state index is -0.273. The Kier molecular flexibility index (Phi) is 6.50. The summed E-state index contributed by atoms with van der Waals surface area (Å²) in [7, 11) is 0. The number of piperidine rings is 1. The largest absolute Gasteiger partial charge is 0.391 e. The van der Waals surface area contributed by atoms with Crippen molar-refractivity contribution in [3.63, 3.8) is 0 Å². The molecular weight excluding hydrogens is 382 g/mol. The fourth-order valence-electron chi connectivity index (χ4n) is 3.79. The molecular formula is C25H24F2N2O. The van der Waals surface area contributed by atoms with Crippen molar-refractivity contribution in [2.24, 2.45) is 5.16 Å². The van der Waals surface area contributed by atoms with E-state index in [2.05, 4.69) is 22.2 Å². The van der Waals surface area contributed by atoms with Gasteiger partial charge >= 0.3 is 0 Å². The number of hydrogen-bond acceptors (Lipinski definition) is 3. The average Bonchev–Trinajstić information content (AvgIpc) is 2.77. The number of halogens is 2. The fraction of sp³-hybridized carbons (Fsp3) is 0.240. The molecule has 3 aromatic rings. The maximum Gasteiger partial charge on any atom is 0.142 e. The second kappa shape index (κ2) is 9.63. The molecule has 1 atom stereocenters. The first kappa shape index (κ1) is 20.2. The summed E-state index contributed by atoms with van der Waals surface area (Å²) in [5, 5.41) is 4.46. The zero-order chi connectivity index (χ0) is 20.8. The van der Waals surface area contributed by atoms with E-state index in [-0.39, 0.29) is 24.2 Å². The third-order valence-corrected chi connectivity index (χ3v) is 5.37. The lowest BCUT2D eigenvalue weighted by molar-refractivity contribution is 0.125. The normalized spacial score (nSPS) is 18.5. The van der Waals surface area contributed by atoms with Crippen molar-refractivity contribution in [2.45, 2.75) is 25.5 Å². The molecule has 3 nitrogen and oxygen atoms in total. The van der Waals surface area contributed by atoms with Gasteiger partial charge in [-0.2, -0.15) is 0 Å². The van der Waals surface area contributed by atoms with Gasteiger partial charge in [0, 0.05) is 19.0 Å². The Balaban J connectivity index is 1.49. The molecule has 3 aromatic carbocycles. The van der Waals surface area contributed by atoms with Crippen molar-refractivity contribution in [3.05, 3.63) is 107 Å². The molecule has 0 radical (unpaired) electrons. The summed E-state index contributed by atoms with van der Waals surface area (Å²) in [5.41, 5.74) is 4.08. The van der Waals surface area contributed by atoms with E-state index >= 15 is 0 Å². The van der Waals surface area contributed by atoms with Gasteiger partial charge in [-0.05, 0) is 53.9 Å². The highest BCUT2D eigenvalue weighted by Gasteiger charge is 2.27. The number of rotatable bonds is 6. The first-order valence-electron chi connectivity index (χ1n) is 10.1. The lowest BCUT2D eigenvalue weighted by Gasteiger charge is -2.33. The predicted molar refractivity (Wildman–Crippen MR) is 114 cm³/mol. The zero-order valence-corrected chi connectivity index (χ0v) is 16.7. The lowest BCUT2D eigenvalue weighted by Crippen LogP contribution is -2.39. The molecule has 0 aromatic heterocycles. The lowest BCUT2D eigenvalue weighted by atomic mass is 9.87. The Bertz CT molecular complexity index is 972. The van der Waals surface area contributed by atoms with Gasteiger partial charge in [0.25, 0.3) is 0 Å². The summed E-state index contributed by atoms with van der Waals surface area (Å²) in [6, 6.07) is 23.2. The van der Waals surface area contributed by atoms with Gasteiger partial charge in [-0.15, -0.1) is 0 Å².